The van der Waals surface area contributed by atoms with Crippen molar-refractivity contribution in [3.63, 3.8) is 0 Å². The molecule has 1 fully saturated rings. The van der Waals surface area contributed by atoms with Crippen LogP contribution in [0.1, 0.15) is 56.1 Å². The van der Waals surface area contributed by atoms with Gasteiger partial charge in [0.1, 0.15) is 0 Å². The second kappa shape index (κ2) is 3.89. The fourth-order valence-corrected chi connectivity index (χ4v) is 1.63. The quantitative estimate of drug-likeness (QED) is 0.723. The summed E-state index contributed by atoms with van der Waals surface area (Å²) in [6.07, 6.45) is 3.41. The molecule has 14 heavy (non-hydrogen) atoms. The van der Waals surface area contributed by atoms with Crippen LogP contribution in [-0.4, -0.2) is 10.1 Å². The molecule has 0 aromatic carbocycles. The molecule has 2 rings (SSSR count). The van der Waals surface area contributed by atoms with Crippen LogP contribution in [0.3, 0.4) is 0 Å². The smallest absolute Gasteiger partial charge is 0.229 e. The number of halogens is 1. The molecule has 0 N–H and O–H groups in total. The van der Waals surface area contributed by atoms with E-state index in [0.717, 1.165) is 18.2 Å². The fraction of sp³-hybridized carbons (Fsp3) is 0.800. The molecule has 0 saturated heterocycles. The van der Waals surface area contributed by atoms with E-state index in [1.807, 2.05) is 6.92 Å². The summed E-state index contributed by atoms with van der Waals surface area (Å²) in [5.74, 6) is 2.54. The maximum Gasteiger partial charge on any atom is 0.229 e. The lowest BCUT2D eigenvalue weighted by Gasteiger charge is -2.01. The van der Waals surface area contributed by atoms with Gasteiger partial charge in [-0.1, -0.05) is 19.0 Å². The molecule has 1 heterocycles. The van der Waals surface area contributed by atoms with Crippen LogP contribution >= 0.6 is 11.6 Å². The van der Waals surface area contributed by atoms with Crippen molar-refractivity contribution in [1.82, 2.24) is 10.1 Å². The van der Waals surface area contributed by atoms with E-state index >= 15 is 0 Å². The van der Waals surface area contributed by atoms with Crippen LogP contribution in [0.4, 0.5) is 0 Å². The molecule has 3 nitrogen and oxygen atoms in total. The van der Waals surface area contributed by atoms with Crippen molar-refractivity contribution in [3.8, 4) is 0 Å². The summed E-state index contributed by atoms with van der Waals surface area (Å²) in [4.78, 5) is 4.33. The molecule has 0 aliphatic heterocycles. The summed E-state index contributed by atoms with van der Waals surface area (Å²) in [6.45, 7) is 4.15. The molecule has 0 amide bonds. The Morgan fingerprint density at radius 2 is 2.29 bits per heavy atom. The Bertz CT molecular complexity index is 309. The molecule has 2 unspecified atom stereocenters. The van der Waals surface area contributed by atoms with Gasteiger partial charge in [-0.05, 0) is 25.2 Å². The lowest BCUT2D eigenvalue weighted by molar-refractivity contribution is 0.344. The molecule has 0 spiro atoms. The largest absolute Gasteiger partial charge is 0.339 e. The summed E-state index contributed by atoms with van der Waals surface area (Å²) in [6, 6.07) is 0. The van der Waals surface area contributed by atoms with E-state index in [1.165, 1.54) is 12.8 Å². The fourth-order valence-electron chi connectivity index (χ4n) is 1.54. The van der Waals surface area contributed by atoms with Crippen LogP contribution in [0.15, 0.2) is 4.52 Å². The molecule has 2 atom stereocenters. The third-order valence-corrected chi connectivity index (χ3v) is 3.32. The van der Waals surface area contributed by atoms with E-state index in [1.54, 1.807) is 0 Å². The molecule has 1 aliphatic carbocycles. The van der Waals surface area contributed by atoms with Crippen LogP contribution in [0, 0.1) is 5.92 Å². The van der Waals surface area contributed by atoms with Gasteiger partial charge in [0, 0.05) is 5.92 Å². The minimum atomic E-state index is -0.112. The third kappa shape index (κ3) is 1.92. The topological polar surface area (TPSA) is 38.9 Å². The third-order valence-electron chi connectivity index (χ3n) is 2.81. The zero-order valence-electron chi connectivity index (χ0n) is 8.53. The van der Waals surface area contributed by atoms with Crippen molar-refractivity contribution in [2.75, 3.05) is 0 Å². The second-order valence-corrected chi connectivity index (χ2v) is 4.52. The highest BCUT2D eigenvalue weighted by Gasteiger charge is 2.32. The van der Waals surface area contributed by atoms with Gasteiger partial charge in [0.2, 0.25) is 5.89 Å². The zero-order valence-corrected chi connectivity index (χ0v) is 9.29. The molecule has 0 radical (unpaired) electrons. The zero-order chi connectivity index (χ0) is 10.1. The first kappa shape index (κ1) is 9.97. The van der Waals surface area contributed by atoms with Gasteiger partial charge in [-0.3, -0.25) is 0 Å². The number of hydrogen-bond donors (Lipinski definition) is 0. The Kier molecular flexibility index (Phi) is 2.77. The lowest BCUT2D eigenvalue weighted by Crippen LogP contribution is -1.97. The highest BCUT2D eigenvalue weighted by Crippen LogP contribution is 2.41. The molecular weight excluding hydrogens is 200 g/mol. The van der Waals surface area contributed by atoms with Crippen molar-refractivity contribution < 1.29 is 4.52 Å². The van der Waals surface area contributed by atoms with E-state index in [2.05, 4.69) is 17.1 Å². The predicted octanol–water partition coefficient (Wildman–Crippen LogP) is 3.27. The minimum Gasteiger partial charge on any atom is -0.339 e. The maximum atomic E-state index is 6.02. The first-order valence-electron chi connectivity index (χ1n) is 5.20. The number of alkyl halides is 1. The van der Waals surface area contributed by atoms with Gasteiger partial charge in [0.25, 0.3) is 0 Å². The average molecular weight is 215 g/mol. The van der Waals surface area contributed by atoms with E-state index in [4.69, 9.17) is 16.1 Å². The van der Waals surface area contributed by atoms with Crippen molar-refractivity contribution in [1.29, 1.82) is 0 Å². The average Bonchev–Trinajstić information content (AvgIpc) is 2.93. The van der Waals surface area contributed by atoms with Gasteiger partial charge in [-0.15, -0.1) is 11.6 Å². The molecular formula is C10H15ClN2O. The number of hydrogen-bond acceptors (Lipinski definition) is 3. The Morgan fingerprint density at radius 1 is 1.57 bits per heavy atom. The first-order chi connectivity index (χ1) is 6.72. The first-order valence-corrected chi connectivity index (χ1v) is 5.63. The molecule has 78 valence electrons. The summed E-state index contributed by atoms with van der Waals surface area (Å²) < 4.78 is 5.21. The van der Waals surface area contributed by atoms with Gasteiger partial charge >= 0.3 is 0 Å². The Labute approximate surface area is 88.8 Å². The van der Waals surface area contributed by atoms with Crippen LogP contribution in [-0.2, 0) is 0 Å². The molecule has 4 heteroatoms. The van der Waals surface area contributed by atoms with Crippen molar-refractivity contribution >= 4 is 11.6 Å². The highest BCUT2D eigenvalue weighted by atomic mass is 35.5. The predicted molar refractivity (Wildman–Crippen MR) is 54.3 cm³/mol. The Morgan fingerprint density at radius 3 is 2.86 bits per heavy atom. The molecule has 1 saturated carbocycles. The van der Waals surface area contributed by atoms with Gasteiger partial charge in [0.05, 0.1) is 5.38 Å². The van der Waals surface area contributed by atoms with E-state index in [9.17, 15) is 0 Å². The van der Waals surface area contributed by atoms with Gasteiger partial charge in [-0.25, -0.2) is 0 Å². The van der Waals surface area contributed by atoms with Gasteiger partial charge in [-0.2, -0.15) is 4.98 Å². The summed E-state index contributed by atoms with van der Waals surface area (Å²) >= 11 is 6.02. The highest BCUT2D eigenvalue weighted by molar-refractivity contribution is 6.20. The molecule has 1 aromatic heterocycles. The Balaban J connectivity index is 2.08. The number of rotatable bonds is 4. The van der Waals surface area contributed by atoms with Crippen molar-refractivity contribution in [2.24, 2.45) is 5.92 Å². The number of aromatic nitrogens is 2. The standard InChI is InChI=1S/C10H15ClN2O/c1-3-8(11)9-12-10(14-13-9)6(2)7-4-5-7/h6-8H,3-5H2,1-2H3. The number of nitrogens with zero attached hydrogens (tertiary/aromatic N) is 2. The second-order valence-electron chi connectivity index (χ2n) is 3.99. The van der Waals surface area contributed by atoms with Crippen molar-refractivity contribution in [2.45, 2.75) is 44.4 Å². The lowest BCUT2D eigenvalue weighted by atomic mass is 10.1. The molecule has 1 aliphatic rings. The van der Waals surface area contributed by atoms with Crippen LogP contribution in [0.2, 0.25) is 0 Å². The van der Waals surface area contributed by atoms with Crippen molar-refractivity contribution in [3.05, 3.63) is 11.7 Å². The van der Waals surface area contributed by atoms with Crippen LogP contribution in [0.5, 0.6) is 0 Å². The van der Waals surface area contributed by atoms with E-state index < -0.39 is 0 Å². The SMILES string of the molecule is CCC(Cl)c1noc(C(C)C2CC2)n1. The Hall–Kier alpha value is -0.570. The maximum absolute atomic E-state index is 6.02. The minimum absolute atomic E-state index is 0.112. The summed E-state index contributed by atoms with van der Waals surface area (Å²) in [5.41, 5.74) is 0. The van der Waals surface area contributed by atoms with E-state index in [0.29, 0.717) is 11.7 Å². The van der Waals surface area contributed by atoms with Crippen LogP contribution in [0.25, 0.3) is 0 Å². The van der Waals surface area contributed by atoms with Gasteiger partial charge < -0.3 is 4.52 Å². The monoisotopic (exact) mass is 214 g/mol. The molecule has 1 aromatic rings. The summed E-state index contributed by atoms with van der Waals surface area (Å²) in [5, 5.41) is 3.79. The van der Waals surface area contributed by atoms with Gasteiger partial charge in [0.15, 0.2) is 5.82 Å². The van der Waals surface area contributed by atoms with E-state index in [-0.39, 0.29) is 5.38 Å². The normalized spacial score (nSPS) is 20.8. The van der Waals surface area contributed by atoms with Crippen LogP contribution < -0.4 is 0 Å². The molecule has 0 bridgehead atoms. The summed E-state index contributed by atoms with van der Waals surface area (Å²) in [7, 11) is 0.